The summed E-state index contributed by atoms with van der Waals surface area (Å²) in [5.41, 5.74) is 10.7. The average Bonchev–Trinajstić information content (AvgIpc) is 2.99. The van der Waals surface area contributed by atoms with Crippen molar-refractivity contribution in [2.45, 2.75) is 44.2 Å². The lowest BCUT2D eigenvalue weighted by Gasteiger charge is -2.34. The van der Waals surface area contributed by atoms with E-state index in [1.165, 1.54) is 55.3 Å². The Labute approximate surface area is 132 Å². The zero-order valence-electron chi connectivity index (χ0n) is 13.0. The number of piperidine rings is 1. The number of anilines is 1. The van der Waals surface area contributed by atoms with Gasteiger partial charge in [-0.3, -0.25) is 4.90 Å². The molecule has 2 heteroatoms. The molecule has 2 fully saturated rings. The molecule has 2 aliphatic heterocycles. The van der Waals surface area contributed by atoms with Gasteiger partial charge in [-0.2, -0.15) is 0 Å². The summed E-state index contributed by atoms with van der Waals surface area (Å²) in [6, 6.07) is 18.8. The Balaban J connectivity index is 1.57. The van der Waals surface area contributed by atoms with Crippen molar-refractivity contribution in [3.05, 3.63) is 54.1 Å². The zero-order chi connectivity index (χ0) is 14.9. The van der Waals surface area contributed by atoms with Gasteiger partial charge in [-0.1, -0.05) is 42.8 Å². The van der Waals surface area contributed by atoms with Crippen molar-refractivity contribution in [1.82, 2.24) is 4.90 Å². The molecule has 114 valence electrons. The number of rotatable bonds is 2. The Morgan fingerprint density at radius 2 is 1.73 bits per heavy atom. The van der Waals surface area contributed by atoms with E-state index >= 15 is 0 Å². The van der Waals surface area contributed by atoms with E-state index in [0.717, 1.165) is 11.7 Å². The van der Waals surface area contributed by atoms with E-state index in [1.54, 1.807) is 0 Å². The molecule has 0 aromatic heterocycles. The van der Waals surface area contributed by atoms with E-state index in [2.05, 4.69) is 35.2 Å². The minimum atomic E-state index is 0.639. The van der Waals surface area contributed by atoms with Gasteiger partial charge in [0, 0.05) is 17.8 Å². The third-order valence-electron chi connectivity index (χ3n) is 5.36. The molecule has 2 heterocycles. The molecule has 2 atom stereocenters. The van der Waals surface area contributed by atoms with Gasteiger partial charge in [0.1, 0.15) is 0 Å². The topological polar surface area (TPSA) is 29.3 Å². The van der Waals surface area contributed by atoms with Crippen LogP contribution in [0.5, 0.6) is 0 Å². The van der Waals surface area contributed by atoms with Crippen molar-refractivity contribution in [2.24, 2.45) is 0 Å². The van der Waals surface area contributed by atoms with E-state index in [4.69, 9.17) is 5.73 Å². The van der Waals surface area contributed by atoms with Gasteiger partial charge in [0.05, 0.1) is 0 Å². The van der Waals surface area contributed by atoms with Crippen LogP contribution in [0.15, 0.2) is 48.5 Å². The summed E-state index contributed by atoms with van der Waals surface area (Å²) in [6.45, 7) is 1.28. The molecule has 0 spiro atoms. The van der Waals surface area contributed by atoms with Crippen LogP contribution in [0, 0.1) is 0 Å². The fraction of sp³-hybridized carbons (Fsp3) is 0.400. The molecule has 0 saturated carbocycles. The summed E-state index contributed by atoms with van der Waals surface area (Å²) in [5.74, 6) is 0. The normalized spacial score (nSPS) is 25.1. The number of nitrogens with zero attached hydrogens (tertiary/aromatic N) is 1. The molecule has 0 unspecified atom stereocenters. The minimum absolute atomic E-state index is 0.639. The lowest BCUT2D eigenvalue weighted by Crippen LogP contribution is -2.35. The van der Waals surface area contributed by atoms with Gasteiger partial charge in [0.15, 0.2) is 0 Å². The highest BCUT2D eigenvalue weighted by Crippen LogP contribution is 2.40. The largest absolute Gasteiger partial charge is 0.399 e. The summed E-state index contributed by atoms with van der Waals surface area (Å²) in [5, 5.41) is 0. The van der Waals surface area contributed by atoms with Gasteiger partial charge in [-0.25, -0.2) is 0 Å². The molecule has 0 amide bonds. The van der Waals surface area contributed by atoms with Crippen LogP contribution in [0.2, 0.25) is 0 Å². The lowest BCUT2D eigenvalue weighted by molar-refractivity contribution is 0.150. The van der Waals surface area contributed by atoms with Crippen molar-refractivity contribution in [3.63, 3.8) is 0 Å². The number of fused-ring (bicyclic) bond motifs is 1. The van der Waals surface area contributed by atoms with E-state index in [1.807, 2.05) is 18.2 Å². The lowest BCUT2D eigenvalue weighted by atomic mass is 9.99. The maximum Gasteiger partial charge on any atom is 0.0351 e. The van der Waals surface area contributed by atoms with Gasteiger partial charge in [0.25, 0.3) is 0 Å². The smallest absolute Gasteiger partial charge is 0.0351 e. The van der Waals surface area contributed by atoms with Crippen LogP contribution in [0.4, 0.5) is 5.69 Å². The van der Waals surface area contributed by atoms with Gasteiger partial charge < -0.3 is 5.73 Å². The molecule has 22 heavy (non-hydrogen) atoms. The van der Waals surface area contributed by atoms with E-state index in [0.29, 0.717) is 6.04 Å². The van der Waals surface area contributed by atoms with Crippen molar-refractivity contribution in [2.75, 3.05) is 12.3 Å². The van der Waals surface area contributed by atoms with Crippen molar-refractivity contribution >= 4 is 5.69 Å². The van der Waals surface area contributed by atoms with Gasteiger partial charge in [-0.05, 0) is 61.1 Å². The Morgan fingerprint density at radius 3 is 2.55 bits per heavy atom. The first-order valence-electron chi connectivity index (χ1n) is 8.53. The monoisotopic (exact) mass is 292 g/mol. The van der Waals surface area contributed by atoms with Crippen molar-refractivity contribution in [3.8, 4) is 11.1 Å². The number of nitrogens with two attached hydrogens (primary N) is 1. The fourth-order valence-electron chi connectivity index (χ4n) is 4.23. The van der Waals surface area contributed by atoms with E-state index < -0.39 is 0 Å². The highest BCUT2D eigenvalue weighted by molar-refractivity contribution is 5.67. The molecular weight excluding hydrogens is 268 g/mol. The van der Waals surface area contributed by atoms with Crippen LogP contribution >= 0.6 is 0 Å². The second-order valence-corrected chi connectivity index (χ2v) is 6.73. The summed E-state index contributed by atoms with van der Waals surface area (Å²) in [7, 11) is 0. The molecule has 2 aromatic carbocycles. The Kier molecular flexibility index (Phi) is 3.63. The first-order valence-corrected chi connectivity index (χ1v) is 8.53. The van der Waals surface area contributed by atoms with Crippen LogP contribution in [-0.4, -0.2) is 17.5 Å². The van der Waals surface area contributed by atoms with Crippen molar-refractivity contribution in [1.29, 1.82) is 0 Å². The van der Waals surface area contributed by atoms with Crippen LogP contribution in [0.1, 0.15) is 43.7 Å². The first kappa shape index (κ1) is 13.8. The summed E-state index contributed by atoms with van der Waals surface area (Å²) in [4.78, 5) is 2.75. The van der Waals surface area contributed by atoms with Gasteiger partial charge >= 0.3 is 0 Å². The number of benzene rings is 2. The Morgan fingerprint density at radius 1 is 0.864 bits per heavy atom. The summed E-state index contributed by atoms with van der Waals surface area (Å²) < 4.78 is 0. The molecule has 2 N–H and O–H groups in total. The second kappa shape index (κ2) is 5.77. The van der Waals surface area contributed by atoms with Crippen LogP contribution in [0.3, 0.4) is 0 Å². The molecular formula is C20H24N2. The molecule has 2 saturated heterocycles. The molecule has 0 aliphatic carbocycles. The van der Waals surface area contributed by atoms with Gasteiger partial charge in [-0.15, -0.1) is 0 Å². The highest BCUT2D eigenvalue weighted by Gasteiger charge is 2.35. The number of hydrogen-bond donors (Lipinski definition) is 1. The predicted octanol–water partition coefficient (Wildman–Crippen LogP) is 4.63. The summed E-state index contributed by atoms with van der Waals surface area (Å²) in [6.07, 6.45) is 6.89. The third kappa shape index (κ3) is 2.52. The second-order valence-electron chi connectivity index (χ2n) is 6.73. The fourth-order valence-corrected chi connectivity index (χ4v) is 4.23. The van der Waals surface area contributed by atoms with Gasteiger partial charge in [0.2, 0.25) is 0 Å². The van der Waals surface area contributed by atoms with E-state index in [-0.39, 0.29) is 0 Å². The van der Waals surface area contributed by atoms with E-state index in [9.17, 15) is 0 Å². The average molecular weight is 292 g/mol. The minimum Gasteiger partial charge on any atom is -0.399 e. The molecule has 2 aromatic rings. The maximum absolute atomic E-state index is 5.89. The maximum atomic E-state index is 5.89. The quantitative estimate of drug-likeness (QED) is 0.818. The van der Waals surface area contributed by atoms with Crippen LogP contribution in [-0.2, 0) is 0 Å². The first-order chi connectivity index (χ1) is 10.8. The predicted molar refractivity (Wildman–Crippen MR) is 92.6 cm³/mol. The summed E-state index contributed by atoms with van der Waals surface area (Å²) >= 11 is 0. The SMILES string of the molecule is Nc1cccc(-c2ccc([C@H]3CC[C@H]4CCCCN43)cc2)c1. The molecule has 4 rings (SSSR count). The molecule has 2 nitrogen and oxygen atoms in total. The number of nitrogen functional groups attached to an aromatic ring is 1. The highest BCUT2D eigenvalue weighted by atomic mass is 15.2. The third-order valence-corrected chi connectivity index (χ3v) is 5.36. The molecule has 2 aliphatic rings. The Bertz CT molecular complexity index is 647. The number of hydrogen-bond acceptors (Lipinski definition) is 2. The molecule has 0 bridgehead atoms. The molecule has 0 radical (unpaired) electrons. The standard InChI is InChI=1S/C20H24N2/c21-18-5-3-4-17(14-18)15-7-9-16(10-8-15)20-12-11-19-6-1-2-13-22(19)20/h3-5,7-10,14,19-20H,1-2,6,11-13,21H2/t19-,20-/m1/s1. The van der Waals surface area contributed by atoms with Crippen LogP contribution in [0.25, 0.3) is 11.1 Å². The van der Waals surface area contributed by atoms with Crippen molar-refractivity contribution < 1.29 is 0 Å². The zero-order valence-corrected chi connectivity index (χ0v) is 13.0. The Hall–Kier alpha value is -1.80. The van der Waals surface area contributed by atoms with Crippen LogP contribution < -0.4 is 5.73 Å².